The number of aliphatic hydroxyl groups excluding tert-OH is 1. The fourth-order valence-electron chi connectivity index (χ4n) is 1.81. The maximum absolute atomic E-state index is 13.2. The summed E-state index contributed by atoms with van der Waals surface area (Å²) in [5.74, 6) is 2.24. The van der Waals surface area contributed by atoms with Crippen molar-refractivity contribution in [3.05, 3.63) is 29.6 Å². The van der Waals surface area contributed by atoms with Crippen molar-refractivity contribution in [2.75, 3.05) is 18.0 Å². The molecule has 1 aromatic carbocycles. The zero-order chi connectivity index (χ0) is 12.8. The lowest BCUT2D eigenvalue weighted by molar-refractivity contribution is 0.199. The van der Waals surface area contributed by atoms with Crippen molar-refractivity contribution in [2.24, 2.45) is 0 Å². The number of terminal acetylenes is 1. The van der Waals surface area contributed by atoms with E-state index in [2.05, 4.69) is 12.8 Å². The van der Waals surface area contributed by atoms with Crippen LogP contribution in [0.5, 0.6) is 0 Å². The highest BCUT2D eigenvalue weighted by atomic mass is 19.1. The Bertz CT molecular complexity index is 409. The van der Waals surface area contributed by atoms with Crippen molar-refractivity contribution < 1.29 is 9.50 Å². The largest absolute Gasteiger partial charge is 0.389 e. The summed E-state index contributed by atoms with van der Waals surface area (Å²) in [6, 6.07) is 4.42. The minimum absolute atomic E-state index is 0.346. The molecule has 0 aliphatic heterocycles. The number of hydrogen-bond acceptors (Lipinski definition) is 2. The third kappa shape index (κ3) is 3.47. The molecule has 0 radical (unpaired) electrons. The van der Waals surface area contributed by atoms with Crippen LogP contribution in [-0.4, -0.2) is 18.2 Å². The smallest absolute Gasteiger partial charge is 0.123 e. The molecule has 0 saturated carbocycles. The number of anilines is 1. The van der Waals surface area contributed by atoms with E-state index in [4.69, 9.17) is 6.42 Å². The molecule has 1 atom stereocenters. The van der Waals surface area contributed by atoms with Crippen molar-refractivity contribution in [1.29, 1.82) is 0 Å². The van der Waals surface area contributed by atoms with Crippen LogP contribution in [0.1, 0.15) is 31.9 Å². The molecule has 2 nitrogen and oxygen atoms in total. The van der Waals surface area contributed by atoms with Gasteiger partial charge in [-0.05, 0) is 31.5 Å². The highest BCUT2D eigenvalue weighted by Gasteiger charge is 2.14. The summed E-state index contributed by atoms with van der Waals surface area (Å²) < 4.78 is 13.2. The zero-order valence-corrected chi connectivity index (χ0v) is 10.3. The van der Waals surface area contributed by atoms with Crippen LogP contribution in [0.3, 0.4) is 0 Å². The molecule has 1 aromatic rings. The Morgan fingerprint density at radius 3 is 2.76 bits per heavy atom. The van der Waals surface area contributed by atoms with Crippen molar-refractivity contribution in [3.63, 3.8) is 0 Å². The molecular formula is C14H18FNO. The van der Waals surface area contributed by atoms with Gasteiger partial charge in [0.1, 0.15) is 5.82 Å². The number of hydrogen-bond donors (Lipinski definition) is 1. The van der Waals surface area contributed by atoms with Gasteiger partial charge < -0.3 is 10.0 Å². The molecule has 0 heterocycles. The first-order chi connectivity index (χ1) is 8.10. The zero-order valence-electron chi connectivity index (χ0n) is 10.3. The number of benzene rings is 1. The van der Waals surface area contributed by atoms with Gasteiger partial charge in [0, 0.05) is 17.8 Å². The highest BCUT2D eigenvalue weighted by Crippen LogP contribution is 2.27. The van der Waals surface area contributed by atoms with Gasteiger partial charge in [0.2, 0.25) is 0 Å². The number of nitrogens with zero attached hydrogens (tertiary/aromatic N) is 1. The molecule has 1 N–H and O–H groups in total. The van der Waals surface area contributed by atoms with Crippen LogP contribution in [0.25, 0.3) is 0 Å². The molecule has 1 unspecified atom stereocenters. The summed E-state index contributed by atoms with van der Waals surface area (Å²) in [5, 5.41) is 9.67. The van der Waals surface area contributed by atoms with E-state index >= 15 is 0 Å². The fraction of sp³-hybridized carbons (Fsp3) is 0.429. The SMILES string of the molecule is C#CCN(CCC)c1ccc(F)cc1C(C)O. The van der Waals surface area contributed by atoms with E-state index in [-0.39, 0.29) is 5.82 Å². The highest BCUT2D eigenvalue weighted by molar-refractivity contribution is 5.55. The lowest BCUT2D eigenvalue weighted by Crippen LogP contribution is -2.25. The summed E-state index contributed by atoms with van der Waals surface area (Å²) in [5.41, 5.74) is 1.38. The van der Waals surface area contributed by atoms with Crippen LogP contribution in [0.4, 0.5) is 10.1 Å². The molecule has 0 aliphatic rings. The molecule has 17 heavy (non-hydrogen) atoms. The molecule has 0 spiro atoms. The van der Waals surface area contributed by atoms with Gasteiger partial charge in [0.25, 0.3) is 0 Å². The van der Waals surface area contributed by atoms with Crippen LogP contribution >= 0.6 is 0 Å². The normalized spacial score (nSPS) is 11.9. The molecule has 0 aromatic heterocycles. The van der Waals surface area contributed by atoms with Gasteiger partial charge in [0.05, 0.1) is 12.6 Å². The molecule has 0 bridgehead atoms. The predicted molar refractivity (Wildman–Crippen MR) is 68.4 cm³/mol. The van der Waals surface area contributed by atoms with Crippen LogP contribution in [0, 0.1) is 18.2 Å². The average Bonchev–Trinajstić information content (AvgIpc) is 2.28. The lowest BCUT2D eigenvalue weighted by Gasteiger charge is -2.25. The Morgan fingerprint density at radius 2 is 2.24 bits per heavy atom. The summed E-state index contributed by atoms with van der Waals surface area (Å²) >= 11 is 0. The molecule has 3 heteroatoms. The standard InChI is InChI=1S/C14H18FNO/c1-4-8-16(9-5-2)14-7-6-12(15)10-13(14)11(3)17/h1,6-7,10-11,17H,5,8-9H2,2-3H3. The van der Waals surface area contributed by atoms with Gasteiger partial charge >= 0.3 is 0 Å². The number of halogens is 1. The Labute approximate surface area is 102 Å². The Kier molecular flexibility index (Phi) is 4.99. The molecular weight excluding hydrogens is 217 g/mol. The third-order valence-corrected chi connectivity index (χ3v) is 2.56. The van der Waals surface area contributed by atoms with Gasteiger partial charge in [-0.25, -0.2) is 4.39 Å². The van der Waals surface area contributed by atoms with E-state index in [1.54, 1.807) is 13.0 Å². The Hall–Kier alpha value is -1.53. The van der Waals surface area contributed by atoms with E-state index < -0.39 is 6.10 Å². The van der Waals surface area contributed by atoms with Gasteiger partial charge in [-0.1, -0.05) is 12.8 Å². The van der Waals surface area contributed by atoms with E-state index in [1.807, 2.05) is 4.90 Å². The average molecular weight is 235 g/mol. The number of aliphatic hydroxyl groups is 1. The Balaban J connectivity index is 3.13. The minimum atomic E-state index is -0.710. The summed E-state index contributed by atoms with van der Waals surface area (Å²) in [6.45, 7) is 4.92. The van der Waals surface area contributed by atoms with E-state index in [0.717, 1.165) is 18.7 Å². The van der Waals surface area contributed by atoms with E-state index in [1.165, 1.54) is 12.1 Å². The van der Waals surface area contributed by atoms with Crippen molar-refractivity contribution in [2.45, 2.75) is 26.4 Å². The molecule has 0 fully saturated rings. The second-order valence-electron chi connectivity index (χ2n) is 4.00. The minimum Gasteiger partial charge on any atom is -0.389 e. The van der Waals surface area contributed by atoms with Crippen LogP contribution in [0.15, 0.2) is 18.2 Å². The van der Waals surface area contributed by atoms with Crippen molar-refractivity contribution >= 4 is 5.69 Å². The molecule has 0 amide bonds. The molecule has 0 aliphatic carbocycles. The topological polar surface area (TPSA) is 23.5 Å². The predicted octanol–water partition coefficient (Wildman–Crippen LogP) is 2.73. The first-order valence-electron chi connectivity index (χ1n) is 5.76. The molecule has 1 rings (SSSR count). The molecule has 92 valence electrons. The quantitative estimate of drug-likeness (QED) is 0.793. The maximum Gasteiger partial charge on any atom is 0.123 e. The fourth-order valence-corrected chi connectivity index (χ4v) is 1.81. The number of rotatable bonds is 5. The third-order valence-electron chi connectivity index (χ3n) is 2.56. The maximum atomic E-state index is 13.2. The van der Waals surface area contributed by atoms with Gasteiger partial charge in [0.15, 0.2) is 0 Å². The van der Waals surface area contributed by atoms with E-state index in [0.29, 0.717) is 12.1 Å². The monoisotopic (exact) mass is 235 g/mol. The van der Waals surface area contributed by atoms with Crippen LogP contribution < -0.4 is 4.90 Å². The van der Waals surface area contributed by atoms with Crippen molar-refractivity contribution in [1.82, 2.24) is 0 Å². The van der Waals surface area contributed by atoms with Gasteiger partial charge in [-0.2, -0.15) is 0 Å². The van der Waals surface area contributed by atoms with Crippen LogP contribution in [-0.2, 0) is 0 Å². The van der Waals surface area contributed by atoms with Gasteiger partial charge in [-0.15, -0.1) is 6.42 Å². The second kappa shape index (κ2) is 6.27. The first kappa shape index (κ1) is 13.5. The second-order valence-corrected chi connectivity index (χ2v) is 4.00. The first-order valence-corrected chi connectivity index (χ1v) is 5.76. The lowest BCUT2D eigenvalue weighted by atomic mass is 10.1. The van der Waals surface area contributed by atoms with Crippen molar-refractivity contribution in [3.8, 4) is 12.3 Å². The van der Waals surface area contributed by atoms with E-state index in [9.17, 15) is 9.50 Å². The molecule has 0 saturated heterocycles. The van der Waals surface area contributed by atoms with Gasteiger partial charge in [-0.3, -0.25) is 0 Å². The summed E-state index contributed by atoms with van der Waals surface area (Å²) in [4.78, 5) is 1.97. The summed E-state index contributed by atoms with van der Waals surface area (Å²) in [6.07, 6.45) is 5.56. The van der Waals surface area contributed by atoms with Crippen LogP contribution in [0.2, 0.25) is 0 Å². The summed E-state index contributed by atoms with van der Waals surface area (Å²) in [7, 11) is 0. The Morgan fingerprint density at radius 1 is 1.53 bits per heavy atom.